The Kier molecular flexibility index (Phi) is 5.71. The van der Waals surface area contributed by atoms with Crippen LogP contribution < -0.4 is 4.74 Å². The molecule has 1 aliphatic heterocycles. The zero-order valence-corrected chi connectivity index (χ0v) is 16.3. The van der Waals surface area contributed by atoms with Crippen LogP contribution in [0.5, 0.6) is 5.75 Å². The third kappa shape index (κ3) is 4.47. The highest BCUT2D eigenvalue weighted by Gasteiger charge is 2.25. The van der Waals surface area contributed by atoms with Gasteiger partial charge in [-0.3, -0.25) is 0 Å². The Morgan fingerprint density at radius 1 is 1.00 bits per heavy atom. The van der Waals surface area contributed by atoms with E-state index in [1.165, 1.54) is 6.07 Å². The van der Waals surface area contributed by atoms with Crippen LogP contribution in [-0.4, -0.2) is 29.1 Å². The van der Waals surface area contributed by atoms with Crippen molar-refractivity contribution in [2.24, 2.45) is 0 Å². The van der Waals surface area contributed by atoms with E-state index in [4.69, 9.17) is 10.00 Å². The summed E-state index contributed by atoms with van der Waals surface area (Å²) in [6.07, 6.45) is 2.79. The molecule has 5 nitrogen and oxygen atoms in total. The quantitative estimate of drug-likeness (QED) is 0.570. The molecule has 3 aromatic rings. The standard InChI is InChI=1S/C24H20FN3O2/c25-23-10-7-21(16-27-23)20-11-13-28(14-12-20)24(29)30-22-8-5-19(6-9-22)18-3-1-17(15-26)2-4-18/h1-10,16,20H,11-14H2. The maximum Gasteiger partial charge on any atom is 0.415 e. The summed E-state index contributed by atoms with van der Waals surface area (Å²) in [5.74, 6) is 0.279. The van der Waals surface area contributed by atoms with Crippen LogP contribution in [0.1, 0.15) is 29.9 Å². The fraction of sp³-hybridized carbons (Fsp3) is 0.208. The molecule has 0 N–H and O–H groups in total. The summed E-state index contributed by atoms with van der Waals surface area (Å²) in [4.78, 5) is 17.9. The van der Waals surface area contributed by atoms with Gasteiger partial charge in [-0.25, -0.2) is 9.78 Å². The minimum atomic E-state index is -0.482. The first-order valence-electron chi connectivity index (χ1n) is 9.81. The number of amides is 1. The fourth-order valence-electron chi connectivity index (χ4n) is 3.64. The number of benzene rings is 2. The maximum absolute atomic E-state index is 13.0. The first-order valence-corrected chi connectivity index (χ1v) is 9.81. The second kappa shape index (κ2) is 8.75. The molecule has 150 valence electrons. The molecule has 0 spiro atoms. The van der Waals surface area contributed by atoms with Crippen LogP contribution in [0.25, 0.3) is 11.1 Å². The molecule has 2 heterocycles. The Labute approximate surface area is 174 Å². The summed E-state index contributed by atoms with van der Waals surface area (Å²) in [6.45, 7) is 1.18. The number of hydrogen-bond donors (Lipinski definition) is 0. The number of ether oxygens (including phenoxy) is 1. The lowest BCUT2D eigenvalue weighted by Gasteiger charge is -2.31. The number of nitriles is 1. The molecule has 30 heavy (non-hydrogen) atoms. The molecule has 1 fully saturated rings. The zero-order chi connectivity index (χ0) is 20.9. The van der Waals surface area contributed by atoms with Gasteiger partial charge in [0.05, 0.1) is 11.6 Å². The average Bonchev–Trinajstić information content (AvgIpc) is 2.80. The Morgan fingerprint density at radius 2 is 1.63 bits per heavy atom. The Bertz CT molecular complexity index is 1050. The third-order valence-corrected chi connectivity index (χ3v) is 5.38. The summed E-state index contributed by atoms with van der Waals surface area (Å²) < 4.78 is 18.5. The van der Waals surface area contributed by atoms with E-state index in [-0.39, 0.29) is 12.0 Å². The molecule has 0 aliphatic carbocycles. The van der Waals surface area contributed by atoms with Crippen LogP contribution in [-0.2, 0) is 0 Å². The molecule has 4 rings (SSSR count). The van der Waals surface area contributed by atoms with Crippen LogP contribution >= 0.6 is 0 Å². The van der Waals surface area contributed by atoms with Crippen molar-refractivity contribution in [1.29, 1.82) is 5.26 Å². The van der Waals surface area contributed by atoms with Gasteiger partial charge in [0.25, 0.3) is 0 Å². The van der Waals surface area contributed by atoms with Crippen molar-refractivity contribution in [3.05, 3.63) is 83.9 Å². The molecule has 1 aliphatic rings. The van der Waals surface area contributed by atoms with Crippen LogP contribution in [0.3, 0.4) is 0 Å². The molecule has 1 amide bonds. The zero-order valence-electron chi connectivity index (χ0n) is 16.3. The lowest BCUT2D eigenvalue weighted by molar-refractivity contribution is 0.138. The summed E-state index contributed by atoms with van der Waals surface area (Å²) in [5, 5.41) is 8.89. The van der Waals surface area contributed by atoms with Crippen LogP contribution in [0.15, 0.2) is 66.9 Å². The predicted molar refractivity (Wildman–Crippen MR) is 110 cm³/mol. The van der Waals surface area contributed by atoms with E-state index < -0.39 is 5.95 Å². The minimum absolute atomic E-state index is 0.272. The first kappa shape index (κ1) is 19.6. The van der Waals surface area contributed by atoms with Crippen molar-refractivity contribution >= 4 is 6.09 Å². The maximum atomic E-state index is 13.0. The molecular formula is C24H20FN3O2. The van der Waals surface area contributed by atoms with Gasteiger partial charge >= 0.3 is 6.09 Å². The van der Waals surface area contributed by atoms with E-state index in [1.54, 1.807) is 41.4 Å². The Hall–Kier alpha value is -3.72. The van der Waals surface area contributed by atoms with E-state index >= 15 is 0 Å². The molecule has 0 bridgehead atoms. The van der Waals surface area contributed by atoms with Gasteiger partial charge in [-0.05, 0) is 65.8 Å². The second-order valence-electron chi connectivity index (χ2n) is 7.26. The predicted octanol–water partition coefficient (Wildman–Crippen LogP) is 5.14. The lowest BCUT2D eigenvalue weighted by Crippen LogP contribution is -2.39. The van der Waals surface area contributed by atoms with Gasteiger partial charge in [-0.1, -0.05) is 30.3 Å². The fourth-order valence-corrected chi connectivity index (χ4v) is 3.64. The molecule has 0 unspecified atom stereocenters. The van der Waals surface area contributed by atoms with E-state index in [9.17, 15) is 9.18 Å². The third-order valence-electron chi connectivity index (χ3n) is 5.38. The van der Waals surface area contributed by atoms with E-state index in [0.29, 0.717) is 24.4 Å². The number of piperidine rings is 1. The number of halogens is 1. The molecule has 0 radical (unpaired) electrons. The van der Waals surface area contributed by atoms with Gasteiger partial charge in [0.1, 0.15) is 5.75 Å². The number of carbonyl (C=O) groups is 1. The summed E-state index contributed by atoms with van der Waals surface area (Å²) in [5.41, 5.74) is 3.59. The smallest absolute Gasteiger partial charge is 0.410 e. The summed E-state index contributed by atoms with van der Waals surface area (Å²) >= 11 is 0. The highest BCUT2D eigenvalue weighted by atomic mass is 19.1. The summed E-state index contributed by atoms with van der Waals surface area (Å²) in [6, 6.07) is 19.9. The Balaban J connectivity index is 1.33. The van der Waals surface area contributed by atoms with Crippen molar-refractivity contribution < 1.29 is 13.9 Å². The van der Waals surface area contributed by atoms with E-state index in [1.807, 2.05) is 24.3 Å². The topological polar surface area (TPSA) is 66.2 Å². The number of likely N-dealkylation sites (tertiary alicyclic amines) is 1. The van der Waals surface area contributed by atoms with Gasteiger partial charge in [-0.15, -0.1) is 0 Å². The number of aromatic nitrogens is 1. The van der Waals surface area contributed by atoms with Gasteiger partial charge in [0, 0.05) is 19.3 Å². The normalized spacial score (nSPS) is 14.2. The molecule has 0 atom stereocenters. The molecule has 0 saturated carbocycles. The number of hydrogen-bond acceptors (Lipinski definition) is 4. The van der Waals surface area contributed by atoms with E-state index in [2.05, 4.69) is 11.1 Å². The van der Waals surface area contributed by atoms with Gasteiger partial charge < -0.3 is 9.64 Å². The average molecular weight is 401 g/mol. The SMILES string of the molecule is N#Cc1ccc(-c2ccc(OC(=O)N3CCC(c4ccc(F)nc4)CC3)cc2)cc1. The summed E-state index contributed by atoms with van der Waals surface area (Å²) in [7, 11) is 0. The molecule has 1 aromatic heterocycles. The van der Waals surface area contributed by atoms with Crippen molar-refractivity contribution in [1.82, 2.24) is 9.88 Å². The van der Waals surface area contributed by atoms with E-state index in [0.717, 1.165) is 29.5 Å². The van der Waals surface area contributed by atoms with Crippen molar-refractivity contribution in [3.8, 4) is 22.9 Å². The molecular weight excluding hydrogens is 381 g/mol. The van der Waals surface area contributed by atoms with Gasteiger partial charge in [0.15, 0.2) is 0 Å². The van der Waals surface area contributed by atoms with Crippen molar-refractivity contribution in [2.45, 2.75) is 18.8 Å². The van der Waals surface area contributed by atoms with Crippen LogP contribution in [0.4, 0.5) is 9.18 Å². The van der Waals surface area contributed by atoms with Crippen LogP contribution in [0, 0.1) is 17.3 Å². The number of pyridine rings is 1. The highest BCUT2D eigenvalue weighted by Crippen LogP contribution is 2.28. The van der Waals surface area contributed by atoms with Gasteiger partial charge in [0.2, 0.25) is 5.95 Å². The molecule has 2 aromatic carbocycles. The monoisotopic (exact) mass is 401 g/mol. The number of nitrogens with zero attached hydrogens (tertiary/aromatic N) is 3. The largest absolute Gasteiger partial charge is 0.415 e. The highest BCUT2D eigenvalue weighted by molar-refractivity contribution is 5.72. The van der Waals surface area contributed by atoms with Gasteiger partial charge in [-0.2, -0.15) is 9.65 Å². The van der Waals surface area contributed by atoms with Crippen molar-refractivity contribution in [2.75, 3.05) is 13.1 Å². The minimum Gasteiger partial charge on any atom is -0.410 e. The first-order chi connectivity index (χ1) is 14.6. The van der Waals surface area contributed by atoms with Crippen molar-refractivity contribution in [3.63, 3.8) is 0 Å². The lowest BCUT2D eigenvalue weighted by atomic mass is 9.91. The Morgan fingerprint density at radius 3 is 2.20 bits per heavy atom. The number of rotatable bonds is 3. The molecule has 1 saturated heterocycles. The second-order valence-corrected chi connectivity index (χ2v) is 7.26. The molecule has 6 heteroatoms. The van der Waals surface area contributed by atoms with Crippen LogP contribution in [0.2, 0.25) is 0 Å². The number of carbonyl (C=O) groups excluding carboxylic acids is 1.